The number of aromatic hydroxyl groups is 2. The molecule has 0 radical (unpaired) electrons. The molecule has 2 N–H and O–H groups in total. The zero-order valence-corrected chi connectivity index (χ0v) is 14.7. The van der Waals surface area contributed by atoms with E-state index >= 15 is 0 Å². The monoisotopic (exact) mass is 314 g/mol. The minimum Gasteiger partial charge on any atom is -0.507 e. The van der Waals surface area contributed by atoms with Crippen LogP contribution in [0.1, 0.15) is 69.9 Å². The van der Waals surface area contributed by atoms with Gasteiger partial charge in [-0.1, -0.05) is 50.0 Å². The minimum absolute atomic E-state index is 0.0293. The molecule has 126 valence electrons. The van der Waals surface area contributed by atoms with Gasteiger partial charge in [-0.2, -0.15) is 0 Å². The maximum absolute atomic E-state index is 10.5. The molecule has 2 atom stereocenters. The lowest BCUT2D eigenvalue weighted by atomic mass is 9.83. The molecule has 0 saturated carbocycles. The fraction of sp³-hybridized carbons (Fsp3) is 0.524. The van der Waals surface area contributed by atoms with E-state index in [1.165, 1.54) is 24.8 Å². The van der Waals surface area contributed by atoms with Crippen molar-refractivity contribution in [3.05, 3.63) is 47.1 Å². The van der Waals surface area contributed by atoms with Crippen LogP contribution in [0.4, 0.5) is 0 Å². The van der Waals surface area contributed by atoms with Gasteiger partial charge in [-0.3, -0.25) is 0 Å². The third kappa shape index (κ3) is 4.19. The Morgan fingerprint density at radius 1 is 1.17 bits per heavy atom. The molecule has 1 aliphatic rings. The van der Waals surface area contributed by atoms with Crippen molar-refractivity contribution < 1.29 is 10.2 Å². The van der Waals surface area contributed by atoms with E-state index in [-0.39, 0.29) is 23.3 Å². The van der Waals surface area contributed by atoms with Crippen LogP contribution >= 0.6 is 0 Å². The van der Waals surface area contributed by atoms with Crippen molar-refractivity contribution >= 4 is 0 Å². The van der Waals surface area contributed by atoms with Gasteiger partial charge in [-0.05, 0) is 56.7 Å². The lowest BCUT2D eigenvalue weighted by molar-refractivity contribution is 0.422. The minimum atomic E-state index is 0.0293. The Balaban J connectivity index is 2.21. The molecule has 1 aromatic rings. The Morgan fingerprint density at radius 3 is 2.39 bits per heavy atom. The number of rotatable bonds is 7. The number of hydrogen-bond donors (Lipinski definition) is 2. The Bertz CT molecular complexity index is 575. The van der Waals surface area contributed by atoms with Crippen LogP contribution in [-0.2, 0) is 6.42 Å². The van der Waals surface area contributed by atoms with Gasteiger partial charge in [0.15, 0.2) is 0 Å². The van der Waals surface area contributed by atoms with Gasteiger partial charge in [0.25, 0.3) is 0 Å². The molecule has 2 unspecified atom stereocenters. The average Bonchev–Trinajstić information content (AvgIpc) is 2.85. The van der Waals surface area contributed by atoms with Crippen LogP contribution in [0.25, 0.3) is 0 Å². The van der Waals surface area contributed by atoms with Crippen molar-refractivity contribution in [2.24, 2.45) is 5.92 Å². The molecule has 0 saturated heterocycles. The van der Waals surface area contributed by atoms with E-state index in [0.29, 0.717) is 5.56 Å². The molecule has 0 amide bonds. The van der Waals surface area contributed by atoms with E-state index in [0.717, 1.165) is 30.4 Å². The van der Waals surface area contributed by atoms with Gasteiger partial charge in [0, 0.05) is 11.5 Å². The molecule has 0 bridgehead atoms. The fourth-order valence-corrected chi connectivity index (χ4v) is 3.65. The summed E-state index contributed by atoms with van der Waals surface area (Å²) in [6.07, 6.45) is 8.77. The van der Waals surface area contributed by atoms with Crippen LogP contribution in [0.3, 0.4) is 0 Å². The van der Waals surface area contributed by atoms with Crippen molar-refractivity contribution in [2.75, 3.05) is 0 Å². The van der Waals surface area contributed by atoms with Crippen LogP contribution < -0.4 is 0 Å². The van der Waals surface area contributed by atoms with Gasteiger partial charge in [-0.25, -0.2) is 0 Å². The van der Waals surface area contributed by atoms with Gasteiger partial charge in [0.1, 0.15) is 11.5 Å². The Kier molecular flexibility index (Phi) is 5.92. The van der Waals surface area contributed by atoms with Crippen LogP contribution in [0.2, 0.25) is 0 Å². The molecular formula is C21H30O2. The smallest absolute Gasteiger partial charge is 0.123 e. The highest BCUT2D eigenvalue weighted by Gasteiger charge is 2.31. The zero-order valence-electron chi connectivity index (χ0n) is 14.7. The van der Waals surface area contributed by atoms with Crippen LogP contribution in [0, 0.1) is 5.92 Å². The van der Waals surface area contributed by atoms with Crippen molar-refractivity contribution in [3.63, 3.8) is 0 Å². The van der Waals surface area contributed by atoms with E-state index in [1.807, 2.05) is 19.1 Å². The largest absolute Gasteiger partial charge is 0.507 e. The first kappa shape index (κ1) is 17.7. The summed E-state index contributed by atoms with van der Waals surface area (Å²) in [5.41, 5.74) is 4.08. The normalized spacial score (nSPS) is 20.6. The standard InChI is InChI=1S/C21H30O2/c1-5-6-7-8-9-16-12-19(22)21(20(23)13-16)18-11-15(4)10-17(18)14(2)3/h11-13,17-18,22-23H,2,5-10H2,1,3-4H3. The number of allylic oxidation sites excluding steroid dienone is 3. The second-order valence-electron chi connectivity index (χ2n) is 7.05. The van der Waals surface area contributed by atoms with Crippen molar-refractivity contribution in [1.82, 2.24) is 0 Å². The highest BCUT2D eigenvalue weighted by atomic mass is 16.3. The number of phenolic OH excluding ortho intramolecular Hbond substituents is 2. The first-order valence-electron chi connectivity index (χ1n) is 8.81. The highest BCUT2D eigenvalue weighted by molar-refractivity contribution is 5.52. The van der Waals surface area contributed by atoms with E-state index in [4.69, 9.17) is 0 Å². The number of phenols is 2. The lowest BCUT2D eigenvalue weighted by Gasteiger charge is -2.22. The number of unbranched alkanes of at least 4 members (excludes halogenated alkanes) is 3. The quantitative estimate of drug-likeness (QED) is 0.490. The Hall–Kier alpha value is -1.70. The first-order valence-corrected chi connectivity index (χ1v) is 8.81. The third-order valence-electron chi connectivity index (χ3n) is 4.92. The van der Waals surface area contributed by atoms with Gasteiger partial charge in [0.2, 0.25) is 0 Å². The van der Waals surface area contributed by atoms with Gasteiger partial charge in [0.05, 0.1) is 0 Å². The van der Waals surface area contributed by atoms with Crippen LogP contribution in [0.15, 0.2) is 35.9 Å². The summed E-state index contributed by atoms with van der Waals surface area (Å²) in [5, 5.41) is 21.0. The summed E-state index contributed by atoms with van der Waals surface area (Å²) in [6.45, 7) is 10.4. The third-order valence-corrected chi connectivity index (χ3v) is 4.92. The predicted octanol–water partition coefficient (Wildman–Crippen LogP) is 5.85. The van der Waals surface area contributed by atoms with E-state index in [2.05, 4.69) is 26.5 Å². The van der Waals surface area contributed by atoms with Crippen LogP contribution in [0.5, 0.6) is 11.5 Å². The molecule has 2 nitrogen and oxygen atoms in total. The molecule has 0 aliphatic heterocycles. The number of benzene rings is 1. The molecule has 0 heterocycles. The molecule has 2 heteroatoms. The van der Waals surface area contributed by atoms with Crippen LogP contribution in [-0.4, -0.2) is 10.2 Å². The maximum atomic E-state index is 10.5. The predicted molar refractivity (Wildman–Crippen MR) is 97.0 cm³/mol. The van der Waals surface area contributed by atoms with Crippen molar-refractivity contribution in [3.8, 4) is 11.5 Å². The molecule has 23 heavy (non-hydrogen) atoms. The summed E-state index contributed by atoms with van der Waals surface area (Å²) in [5.74, 6) is 0.735. The average molecular weight is 314 g/mol. The van der Waals surface area contributed by atoms with E-state index in [1.54, 1.807) is 0 Å². The summed E-state index contributed by atoms with van der Waals surface area (Å²) < 4.78 is 0. The Morgan fingerprint density at radius 2 is 1.83 bits per heavy atom. The topological polar surface area (TPSA) is 40.5 Å². The van der Waals surface area contributed by atoms with Gasteiger partial charge >= 0.3 is 0 Å². The number of hydrogen-bond acceptors (Lipinski definition) is 2. The van der Waals surface area contributed by atoms with Crippen molar-refractivity contribution in [1.29, 1.82) is 0 Å². The van der Waals surface area contributed by atoms with E-state index in [9.17, 15) is 10.2 Å². The summed E-state index contributed by atoms with van der Waals surface area (Å²) in [6, 6.07) is 3.66. The molecule has 2 rings (SSSR count). The maximum Gasteiger partial charge on any atom is 0.123 e. The second kappa shape index (κ2) is 7.72. The molecule has 1 aliphatic carbocycles. The molecule has 0 aromatic heterocycles. The molecule has 1 aromatic carbocycles. The van der Waals surface area contributed by atoms with Crippen molar-refractivity contribution in [2.45, 2.75) is 65.2 Å². The second-order valence-corrected chi connectivity index (χ2v) is 7.05. The zero-order chi connectivity index (χ0) is 17.0. The highest BCUT2D eigenvalue weighted by Crippen LogP contribution is 2.47. The SMILES string of the molecule is C=C(C)C1CC(C)=CC1c1c(O)cc(CCCCCC)cc1O. The first-order chi connectivity index (χ1) is 10.9. The summed E-state index contributed by atoms with van der Waals surface area (Å²) >= 11 is 0. The lowest BCUT2D eigenvalue weighted by Crippen LogP contribution is -2.08. The molecular weight excluding hydrogens is 284 g/mol. The van der Waals surface area contributed by atoms with Gasteiger partial charge in [-0.15, -0.1) is 0 Å². The molecule has 0 spiro atoms. The number of aryl methyl sites for hydroxylation is 1. The van der Waals surface area contributed by atoms with E-state index < -0.39 is 0 Å². The fourth-order valence-electron chi connectivity index (χ4n) is 3.65. The Labute approximate surface area is 140 Å². The summed E-state index contributed by atoms with van der Waals surface area (Å²) in [7, 11) is 0. The molecule has 0 fully saturated rings. The summed E-state index contributed by atoms with van der Waals surface area (Å²) in [4.78, 5) is 0. The van der Waals surface area contributed by atoms with Gasteiger partial charge < -0.3 is 10.2 Å².